The molecule has 0 aliphatic heterocycles. The van der Waals surface area contributed by atoms with Gasteiger partial charge < -0.3 is 24.6 Å². The fraction of sp³-hybridized carbons (Fsp3) is 0.296. The highest BCUT2D eigenvalue weighted by atomic mass is 16.5. The van der Waals surface area contributed by atoms with Crippen molar-refractivity contribution in [2.75, 3.05) is 7.11 Å². The minimum atomic E-state index is -0.829. The molecule has 0 saturated carbocycles. The van der Waals surface area contributed by atoms with E-state index >= 15 is 0 Å². The molecule has 0 fully saturated rings. The Bertz CT molecular complexity index is 1630. The number of hydrogen-bond donors (Lipinski definition) is 3. The third-order valence-electron chi connectivity index (χ3n) is 6.83. The Morgan fingerprint density at radius 1 is 0.919 bits per heavy atom. The molecule has 0 amide bonds. The Kier molecular flexibility index (Phi) is 6.84. The molecular formula is C27H29N3O7. The molecule has 1 atom stereocenters. The summed E-state index contributed by atoms with van der Waals surface area (Å²) in [5.74, 6) is -2.11. The number of pyridine rings is 1. The van der Waals surface area contributed by atoms with E-state index in [0.717, 1.165) is 0 Å². The molecule has 0 bridgehead atoms. The largest absolute Gasteiger partial charge is 0.507 e. The number of aromatic nitrogens is 3. The molecule has 4 aromatic rings. The van der Waals surface area contributed by atoms with Crippen molar-refractivity contribution in [1.82, 2.24) is 13.7 Å². The van der Waals surface area contributed by atoms with Gasteiger partial charge in [-0.2, -0.15) is 0 Å². The third-order valence-corrected chi connectivity index (χ3v) is 6.83. The van der Waals surface area contributed by atoms with E-state index in [1.54, 1.807) is 45.3 Å². The average molecular weight is 508 g/mol. The van der Waals surface area contributed by atoms with Gasteiger partial charge in [-0.05, 0) is 54.8 Å². The molecular weight excluding hydrogens is 478 g/mol. The topological polar surface area (TPSA) is 136 Å². The number of ether oxygens (including phenoxy) is 1. The highest BCUT2D eigenvalue weighted by molar-refractivity contribution is 5.78. The molecule has 0 spiro atoms. The first kappa shape index (κ1) is 25.6. The van der Waals surface area contributed by atoms with E-state index in [4.69, 9.17) is 4.74 Å². The van der Waals surface area contributed by atoms with E-state index in [2.05, 4.69) is 0 Å². The van der Waals surface area contributed by atoms with Gasteiger partial charge in [-0.1, -0.05) is 12.1 Å². The Labute approximate surface area is 212 Å². The van der Waals surface area contributed by atoms with Gasteiger partial charge in [-0.25, -0.2) is 4.79 Å². The summed E-state index contributed by atoms with van der Waals surface area (Å²) in [4.78, 5) is 38.5. The molecule has 4 rings (SSSR count). The van der Waals surface area contributed by atoms with Gasteiger partial charge >= 0.3 is 11.7 Å². The van der Waals surface area contributed by atoms with Gasteiger partial charge in [0.2, 0.25) is 0 Å². The standard InChI is InChI=1S/C27H29N3O7/c1-15-11-23(33)25(26(35)30(15)10-9-16-5-8-21(31)22(32)12-16)18(14-24(34)37-4)17-6-7-19-20(13-17)29(3)27(36)28(19)2/h5-8,11-13,18,31-33H,9-10,14H2,1-4H3/t18-/m0/s1. The summed E-state index contributed by atoms with van der Waals surface area (Å²) in [5.41, 5.74) is 2.49. The first-order valence-corrected chi connectivity index (χ1v) is 11.7. The zero-order valence-corrected chi connectivity index (χ0v) is 21.1. The van der Waals surface area contributed by atoms with Crippen LogP contribution in [0.2, 0.25) is 0 Å². The number of methoxy groups -OCH3 is 1. The summed E-state index contributed by atoms with van der Waals surface area (Å²) < 4.78 is 9.37. The maximum absolute atomic E-state index is 13.7. The van der Waals surface area contributed by atoms with E-state index in [9.17, 15) is 29.7 Å². The summed E-state index contributed by atoms with van der Waals surface area (Å²) in [6.07, 6.45) is 0.180. The van der Waals surface area contributed by atoms with Gasteiger partial charge in [0.1, 0.15) is 5.75 Å². The SMILES string of the molecule is COC(=O)C[C@@H](c1ccc2c(c1)n(C)c(=O)n2C)c1c(O)cc(C)n(CCc2ccc(O)c(O)c2)c1=O. The fourth-order valence-electron chi connectivity index (χ4n) is 4.72. The Balaban J connectivity index is 1.82. The van der Waals surface area contributed by atoms with Crippen molar-refractivity contribution in [3.63, 3.8) is 0 Å². The smallest absolute Gasteiger partial charge is 0.328 e. The van der Waals surface area contributed by atoms with Gasteiger partial charge in [0.15, 0.2) is 11.5 Å². The van der Waals surface area contributed by atoms with Gasteiger partial charge in [-0.15, -0.1) is 0 Å². The minimum Gasteiger partial charge on any atom is -0.507 e. The lowest BCUT2D eigenvalue weighted by Gasteiger charge is -2.21. The number of phenols is 2. The van der Waals surface area contributed by atoms with Crippen molar-refractivity contribution in [3.8, 4) is 17.2 Å². The van der Waals surface area contributed by atoms with Crippen molar-refractivity contribution < 1.29 is 24.9 Å². The number of benzene rings is 2. The number of phenolic OH excluding ortho intramolecular Hbond substituents is 2. The quantitative estimate of drug-likeness (QED) is 0.258. The minimum absolute atomic E-state index is 0.0461. The second-order valence-electron chi connectivity index (χ2n) is 9.10. The van der Waals surface area contributed by atoms with Crippen LogP contribution in [0.4, 0.5) is 0 Å². The number of fused-ring (bicyclic) bond motifs is 1. The molecule has 194 valence electrons. The third kappa shape index (κ3) is 4.69. The zero-order valence-electron chi connectivity index (χ0n) is 21.1. The molecule has 0 unspecified atom stereocenters. The first-order chi connectivity index (χ1) is 17.5. The first-order valence-electron chi connectivity index (χ1n) is 11.7. The molecule has 2 aromatic heterocycles. The number of aromatic hydroxyl groups is 3. The van der Waals surface area contributed by atoms with Crippen LogP contribution in [0.5, 0.6) is 17.2 Å². The number of esters is 1. The molecule has 2 aromatic carbocycles. The summed E-state index contributed by atoms with van der Waals surface area (Å²) in [6, 6.07) is 11.2. The summed E-state index contributed by atoms with van der Waals surface area (Å²) >= 11 is 0. The monoisotopic (exact) mass is 507 g/mol. The lowest BCUT2D eigenvalue weighted by Crippen LogP contribution is -2.29. The van der Waals surface area contributed by atoms with E-state index in [1.165, 1.54) is 39.0 Å². The lowest BCUT2D eigenvalue weighted by atomic mass is 9.88. The molecule has 2 heterocycles. The van der Waals surface area contributed by atoms with Crippen LogP contribution in [0, 0.1) is 6.92 Å². The van der Waals surface area contributed by atoms with Crippen molar-refractivity contribution in [3.05, 3.63) is 85.7 Å². The second kappa shape index (κ2) is 9.88. The van der Waals surface area contributed by atoms with Crippen LogP contribution < -0.4 is 11.2 Å². The van der Waals surface area contributed by atoms with Gasteiger partial charge in [0.25, 0.3) is 5.56 Å². The predicted molar refractivity (Wildman–Crippen MR) is 137 cm³/mol. The number of imidazole rings is 1. The molecule has 0 saturated heterocycles. The molecule has 3 N–H and O–H groups in total. The highest BCUT2D eigenvalue weighted by Gasteiger charge is 2.27. The van der Waals surface area contributed by atoms with Crippen molar-refractivity contribution in [1.29, 1.82) is 0 Å². The van der Waals surface area contributed by atoms with Crippen LogP contribution in [0.15, 0.2) is 52.1 Å². The summed E-state index contributed by atoms with van der Waals surface area (Å²) in [7, 11) is 4.56. The second-order valence-corrected chi connectivity index (χ2v) is 9.10. The van der Waals surface area contributed by atoms with Crippen LogP contribution in [0.25, 0.3) is 11.0 Å². The number of carbonyl (C=O) groups excluding carboxylic acids is 1. The molecule has 10 heteroatoms. The highest BCUT2D eigenvalue weighted by Crippen LogP contribution is 2.34. The summed E-state index contributed by atoms with van der Waals surface area (Å²) in [6.45, 7) is 1.93. The Morgan fingerprint density at radius 3 is 2.30 bits per heavy atom. The van der Waals surface area contributed by atoms with E-state index in [1.807, 2.05) is 0 Å². The van der Waals surface area contributed by atoms with Crippen LogP contribution in [-0.4, -0.2) is 42.1 Å². The summed E-state index contributed by atoms with van der Waals surface area (Å²) in [5, 5.41) is 30.2. The van der Waals surface area contributed by atoms with Crippen LogP contribution in [0.1, 0.15) is 34.7 Å². The lowest BCUT2D eigenvalue weighted by molar-refractivity contribution is -0.140. The Hall–Kier alpha value is -4.47. The van der Waals surface area contributed by atoms with Crippen LogP contribution in [0.3, 0.4) is 0 Å². The fourth-order valence-corrected chi connectivity index (χ4v) is 4.72. The number of hydrogen-bond acceptors (Lipinski definition) is 7. The Morgan fingerprint density at radius 2 is 1.62 bits per heavy atom. The molecule has 0 aliphatic rings. The number of aryl methyl sites for hydroxylation is 4. The normalized spacial score (nSPS) is 12.1. The van der Waals surface area contributed by atoms with Crippen LogP contribution >= 0.6 is 0 Å². The van der Waals surface area contributed by atoms with Gasteiger partial charge in [0, 0.05) is 32.3 Å². The zero-order chi connectivity index (χ0) is 27.0. The maximum Gasteiger partial charge on any atom is 0.328 e. The van der Waals surface area contributed by atoms with E-state index in [0.29, 0.717) is 34.3 Å². The molecule has 10 nitrogen and oxygen atoms in total. The molecule has 0 radical (unpaired) electrons. The van der Waals surface area contributed by atoms with Crippen molar-refractivity contribution in [2.24, 2.45) is 14.1 Å². The van der Waals surface area contributed by atoms with Crippen molar-refractivity contribution in [2.45, 2.75) is 32.2 Å². The van der Waals surface area contributed by atoms with Crippen molar-refractivity contribution >= 4 is 17.0 Å². The number of rotatable bonds is 7. The van der Waals surface area contributed by atoms with E-state index in [-0.39, 0.29) is 41.5 Å². The predicted octanol–water partition coefficient (Wildman–Crippen LogP) is 2.40. The van der Waals surface area contributed by atoms with Gasteiger partial charge in [0.05, 0.1) is 30.1 Å². The van der Waals surface area contributed by atoms with Gasteiger partial charge in [-0.3, -0.25) is 18.7 Å². The number of carbonyl (C=O) groups is 1. The molecule has 0 aliphatic carbocycles. The average Bonchev–Trinajstić information content (AvgIpc) is 3.08. The number of nitrogens with zero attached hydrogens (tertiary/aromatic N) is 3. The molecule has 37 heavy (non-hydrogen) atoms. The maximum atomic E-state index is 13.7. The van der Waals surface area contributed by atoms with E-state index < -0.39 is 17.4 Å². The van der Waals surface area contributed by atoms with Crippen LogP contribution in [-0.2, 0) is 36.6 Å².